The molecule has 1 saturated heterocycles. The second kappa shape index (κ2) is 14.0. The van der Waals surface area contributed by atoms with Gasteiger partial charge in [0.05, 0.1) is 18.1 Å². The number of rotatable bonds is 5. The van der Waals surface area contributed by atoms with Gasteiger partial charge in [-0.05, 0) is 81.1 Å². The molecule has 1 atom stereocenters. The molecule has 12 heteroatoms. The lowest BCUT2D eigenvalue weighted by Gasteiger charge is -2.35. The molecule has 3 aromatic rings. The highest BCUT2D eigenvalue weighted by molar-refractivity contribution is 7.46. The van der Waals surface area contributed by atoms with Crippen LogP contribution >= 0.6 is 20.1 Å². The van der Waals surface area contributed by atoms with Gasteiger partial charge in [0.2, 0.25) is 5.95 Å². The highest BCUT2D eigenvalue weighted by atomic mass is 35.5. The molecule has 2 aliphatic rings. The number of benzene rings is 1. The van der Waals surface area contributed by atoms with Gasteiger partial charge in [0, 0.05) is 44.1 Å². The topological polar surface area (TPSA) is 119 Å². The van der Waals surface area contributed by atoms with Gasteiger partial charge in [-0.15, -0.1) is 0 Å². The van der Waals surface area contributed by atoms with Crippen LogP contribution < -0.4 is 16.0 Å². The monoisotopic (exact) mass is 570 g/mol. The molecular weight excluding hydrogens is 535 g/mol. The first-order chi connectivity index (χ1) is 18.9. The van der Waals surface area contributed by atoms with Crippen molar-refractivity contribution in [2.24, 2.45) is 5.92 Å². The van der Waals surface area contributed by atoms with E-state index in [1.807, 2.05) is 38.1 Å². The zero-order chi connectivity index (χ0) is 27.8. The predicted octanol–water partition coefficient (Wildman–Crippen LogP) is 5.22. The summed E-state index contributed by atoms with van der Waals surface area (Å²) in [6.07, 6.45) is 10.8. The average molecular weight is 571 g/mol. The maximum absolute atomic E-state index is 10.3. The lowest BCUT2D eigenvalue weighted by atomic mass is 9.95. The minimum Gasteiger partial charge on any atom is -0.388 e. The van der Waals surface area contributed by atoms with Crippen LogP contribution in [-0.4, -0.2) is 69.7 Å². The standard InChI is InChI=1S/C18H17ClN6.C9H19N2O2P/c1-20-16-5-4-13-7-12(16)3-2-11-6-14(9-21-8-11)24-18-22-10-15(19)17(23-13)25-18;1-10(2)14(13)11-6-3-9(4-7-11)5-8-12/h4-10,20H,2-3H2,1H3,(H2,22,23,24,25);8-9,13H,3-7H2,1-2H3. The zero-order valence-electron chi connectivity index (χ0n) is 22.6. The molecule has 1 fully saturated rings. The van der Waals surface area contributed by atoms with Crippen molar-refractivity contribution < 1.29 is 9.69 Å². The number of nitrogens with one attached hydrogen (secondary N) is 3. The molecule has 1 unspecified atom stereocenters. The molecule has 10 nitrogen and oxygen atoms in total. The van der Waals surface area contributed by atoms with Crippen LogP contribution in [0.5, 0.6) is 0 Å². The molecule has 4 N–H and O–H groups in total. The number of nitrogens with zero attached hydrogens (tertiary/aromatic N) is 5. The van der Waals surface area contributed by atoms with E-state index in [9.17, 15) is 9.69 Å². The van der Waals surface area contributed by atoms with Gasteiger partial charge >= 0.3 is 0 Å². The fourth-order valence-corrected chi connectivity index (χ4v) is 5.83. The number of fused-ring (bicyclic) bond motifs is 6. The lowest BCUT2D eigenvalue weighted by Crippen LogP contribution is -2.33. The van der Waals surface area contributed by atoms with E-state index in [4.69, 9.17) is 11.6 Å². The van der Waals surface area contributed by atoms with Gasteiger partial charge in [-0.2, -0.15) is 4.98 Å². The number of aldehydes is 1. The molecule has 0 amide bonds. The van der Waals surface area contributed by atoms with E-state index < -0.39 is 8.45 Å². The molecule has 6 bridgehead atoms. The fourth-order valence-electron chi connectivity index (χ4n) is 4.60. The van der Waals surface area contributed by atoms with Gasteiger partial charge in [0.15, 0.2) is 14.3 Å². The number of pyridine rings is 1. The van der Waals surface area contributed by atoms with E-state index in [0.717, 1.165) is 67.7 Å². The normalized spacial score (nSPS) is 16.3. The first-order valence-electron chi connectivity index (χ1n) is 13.0. The van der Waals surface area contributed by atoms with Crippen LogP contribution in [0, 0.1) is 5.92 Å². The summed E-state index contributed by atoms with van der Waals surface area (Å²) in [5.74, 6) is 1.57. The summed E-state index contributed by atoms with van der Waals surface area (Å²) in [4.78, 5) is 33.2. The van der Waals surface area contributed by atoms with Crippen molar-refractivity contribution in [1.82, 2.24) is 24.3 Å². The third-order valence-electron chi connectivity index (χ3n) is 6.75. The molecule has 208 valence electrons. The van der Waals surface area contributed by atoms with E-state index in [-0.39, 0.29) is 0 Å². The highest BCUT2D eigenvalue weighted by Crippen LogP contribution is 2.40. The maximum atomic E-state index is 10.3. The summed E-state index contributed by atoms with van der Waals surface area (Å²) in [5.41, 5.74) is 5.27. The number of aromatic nitrogens is 3. The molecule has 2 aliphatic heterocycles. The van der Waals surface area contributed by atoms with E-state index >= 15 is 0 Å². The Balaban J connectivity index is 0.000000215. The Morgan fingerprint density at radius 3 is 2.67 bits per heavy atom. The van der Waals surface area contributed by atoms with Gasteiger partial charge in [-0.1, -0.05) is 11.6 Å². The number of carbonyl (C=O) groups excluding carboxylic acids is 1. The van der Waals surface area contributed by atoms with Crippen LogP contribution in [0.25, 0.3) is 0 Å². The van der Waals surface area contributed by atoms with Crippen molar-refractivity contribution in [3.05, 3.63) is 59.0 Å². The second-order valence-electron chi connectivity index (χ2n) is 9.76. The number of hydrogen-bond donors (Lipinski definition) is 4. The molecule has 0 aliphatic carbocycles. The minimum atomic E-state index is -1.11. The number of piperidine rings is 1. The molecule has 0 radical (unpaired) electrons. The number of carbonyl (C=O) groups is 1. The smallest absolute Gasteiger partial charge is 0.229 e. The summed E-state index contributed by atoms with van der Waals surface area (Å²) < 4.78 is 3.96. The Hall–Kier alpha value is -2.88. The molecule has 0 saturated carbocycles. The summed E-state index contributed by atoms with van der Waals surface area (Å²) >= 11 is 6.25. The number of anilines is 5. The molecule has 5 rings (SSSR count). The molecule has 2 aromatic heterocycles. The van der Waals surface area contributed by atoms with Gasteiger partial charge in [-0.25, -0.2) is 9.65 Å². The second-order valence-corrected chi connectivity index (χ2v) is 12.1. The number of hydrogen-bond acceptors (Lipinski definition) is 10. The predicted molar refractivity (Wildman–Crippen MR) is 159 cm³/mol. The van der Waals surface area contributed by atoms with Crippen LogP contribution in [0.2, 0.25) is 5.02 Å². The van der Waals surface area contributed by atoms with Crippen molar-refractivity contribution in [2.75, 3.05) is 50.2 Å². The van der Waals surface area contributed by atoms with Gasteiger partial charge < -0.3 is 25.6 Å². The van der Waals surface area contributed by atoms with E-state index in [1.54, 1.807) is 12.4 Å². The van der Waals surface area contributed by atoms with Crippen molar-refractivity contribution >= 4 is 55.2 Å². The van der Waals surface area contributed by atoms with Gasteiger partial charge in [-0.3, -0.25) is 9.65 Å². The Labute approximate surface area is 236 Å². The van der Waals surface area contributed by atoms with Gasteiger partial charge in [0.25, 0.3) is 0 Å². The Kier molecular flexibility index (Phi) is 10.4. The first-order valence-corrected chi connectivity index (χ1v) is 14.6. The minimum absolute atomic E-state index is 0.464. The van der Waals surface area contributed by atoms with Crippen LogP contribution in [-0.2, 0) is 17.6 Å². The van der Waals surface area contributed by atoms with Crippen molar-refractivity contribution in [3.63, 3.8) is 0 Å². The van der Waals surface area contributed by atoms with Crippen molar-refractivity contribution in [2.45, 2.75) is 32.1 Å². The summed E-state index contributed by atoms with van der Waals surface area (Å²) in [6.45, 7) is 1.83. The molecular formula is C27H36ClN8O2P. The Bertz CT molecular complexity index is 1260. The molecule has 1 aromatic carbocycles. The first kappa shape index (κ1) is 29.1. The van der Waals surface area contributed by atoms with E-state index in [1.165, 1.54) is 5.56 Å². The van der Waals surface area contributed by atoms with E-state index in [2.05, 4.69) is 53.8 Å². The van der Waals surface area contributed by atoms with Crippen LogP contribution in [0.15, 0.2) is 42.9 Å². The SMILES string of the molecule is CN(C)P(O)N1CCC(CC=O)CC1.CNc1ccc2cc1CCc1cncc(c1)Nc1ncc(Cl)c(n1)N2. The van der Waals surface area contributed by atoms with Crippen molar-refractivity contribution in [3.8, 4) is 0 Å². The summed E-state index contributed by atoms with van der Waals surface area (Å²) in [6, 6.07) is 8.24. The van der Waals surface area contributed by atoms with Crippen LogP contribution in [0.4, 0.5) is 28.8 Å². The van der Waals surface area contributed by atoms with Crippen LogP contribution in [0.3, 0.4) is 0 Å². The third-order valence-corrected chi connectivity index (χ3v) is 8.64. The quantitative estimate of drug-likeness (QED) is 0.240. The summed E-state index contributed by atoms with van der Waals surface area (Å²) in [7, 11) is 4.61. The summed E-state index contributed by atoms with van der Waals surface area (Å²) in [5, 5.41) is 10.2. The number of halogens is 1. The van der Waals surface area contributed by atoms with E-state index in [0.29, 0.717) is 29.1 Å². The zero-order valence-corrected chi connectivity index (χ0v) is 24.2. The maximum Gasteiger partial charge on any atom is 0.229 e. The lowest BCUT2D eigenvalue weighted by molar-refractivity contribution is -0.108. The van der Waals surface area contributed by atoms with Crippen LogP contribution in [0.1, 0.15) is 30.4 Å². The highest BCUT2D eigenvalue weighted by Gasteiger charge is 2.25. The largest absolute Gasteiger partial charge is 0.388 e. The Morgan fingerprint density at radius 2 is 1.95 bits per heavy atom. The molecule has 39 heavy (non-hydrogen) atoms. The number of aryl methyl sites for hydroxylation is 2. The average Bonchev–Trinajstić information content (AvgIpc) is 2.94. The molecule has 0 spiro atoms. The van der Waals surface area contributed by atoms with Gasteiger partial charge in [0.1, 0.15) is 11.3 Å². The van der Waals surface area contributed by atoms with Crippen molar-refractivity contribution in [1.29, 1.82) is 0 Å². The third kappa shape index (κ3) is 8.06. The fraction of sp³-hybridized carbons (Fsp3) is 0.407. The Morgan fingerprint density at radius 1 is 1.15 bits per heavy atom. The molecule has 4 heterocycles.